The van der Waals surface area contributed by atoms with Gasteiger partial charge in [-0.1, -0.05) is 48.0 Å². The van der Waals surface area contributed by atoms with E-state index >= 15 is 0 Å². The number of imidazole rings is 1. The van der Waals surface area contributed by atoms with E-state index in [1.54, 1.807) is 30.8 Å². The Kier molecular flexibility index (Phi) is 5.27. The van der Waals surface area contributed by atoms with E-state index in [1.165, 1.54) is 11.6 Å². The van der Waals surface area contributed by atoms with Crippen LogP contribution in [0.3, 0.4) is 0 Å². The zero-order chi connectivity index (χ0) is 19.6. The molecule has 0 amide bonds. The molecule has 1 aromatic carbocycles. The van der Waals surface area contributed by atoms with Crippen LogP contribution in [-0.4, -0.2) is 24.9 Å². The molecule has 1 N–H and O–H groups in total. The van der Waals surface area contributed by atoms with Crippen molar-refractivity contribution < 1.29 is 0 Å². The lowest BCUT2D eigenvalue weighted by atomic mass is 10.2. The van der Waals surface area contributed by atoms with Gasteiger partial charge in [0.2, 0.25) is 5.95 Å². The molecule has 2 heterocycles. The number of aromatic nitrogens is 4. The quantitative estimate of drug-likeness (QED) is 0.537. The molecule has 0 radical (unpaired) electrons. The number of anilines is 1. The Hall–Kier alpha value is -3.13. The summed E-state index contributed by atoms with van der Waals surface area (Å²) in [7, 11) is 3.01. The van der Waals surface area contributed by atoms with Crippen LogP contribution in [0.4, 0.5) is 5.95 Å². The van der Waals surface area contributed by atoms with Crippen molar-refractivity contribution in [3.05, 3.63) is 67.8 Å². The Morgan fingerprint density at radius 2 is 1.93 bits per heavy atom. The number of hydrogen-bond donors (Lipinski definition) is 1. The first-order valence-electron chi connectivity index (χ1n) is 8.22. The summed E-state index contributed by atoms with van der Waals surface area (Å²) < 4.78 is 4.02. The summed E-state index contributed by atoms with van der Waals surface area (Å²) in [6, 6.07) is 9.55. The van der Waals surface area contributed by atoms with Gasteiger partial charge >= 0.3 is 5.69 Å². The summed E-state index contributed by atoms with van der Waals surface area (Å²) in [6.07, 6.45) is 3.39. The van der Waals surface area contributed by atoms with Gasteiger partial charge < -0.3 is 0 Å². The molecule has 0 fully saturated rings. The predicted molar refractivity (Wildman–Crippen MR) is 107 cm³/mol. The molecule has 8 nitrogen and oxygen atoms in total. The van der Waals surface area contributed by atoms with E-state index in [0.717, 1.165) is 10.1 Å². The van der Waals surface area contributed by atoms with Gasteiger partial charge in [-0.3, -0.25) is 18.5 Å². The number of nitrogens with one attached hydrogen (secondary N) is 1. The van der Waals surface area contributed by atoms with E-state index in [-0.39, 0.29) is 5.65 Å². The molecule has 0 bridgehead atoms. The Bertz CT molecular complexity index is 1150. The molecular weight excluding hydrogens is 368 g/mol. The van der Waals surface area contributed by atoms with Crippen LogP contribution < -0.4 is 16.7 Å². The number of hydrazone groups is 1. The van der Waals surface area contributed by atoms with Gasteiger partial charge in [-0.25, -0.2) is 10.2 Å². The summed E-state index contributed by atoms with van der Waals surface area (Å²) in [5, 5.41) is 4.77. The van der Waals surface area contributed by atoms with Gasteiger partial charge in [0.1, 0.15) is 0 Å². The molecule has 0 aliphatic rings. The molecule has 0 spiro atoms. The SMILES string of the molecule is C/C(Cl)=C/Cn1c(N/N=C/c2ccccc2)nc2c1c(=O)n(C)c(=O)n2C. The average molecular weight is 387 g/mol. The highest BCUT2D eigenvalue weighted by molar-refractivity contribution is 6.29. The smallest absolute Gasteiger partial charge is 0.299 e. The minimum absolute atomic E-state index is 0.279. The maximum Gasteiger partial charge on any atom is 0.332 e. The van der Waals surface area contributed by atoms with E-state index in [0.29, 0.717) is 23.0 Å². The summed E-state index contributed by atoms with van der Waals surface area (Å²) in [6.45, 7) is 2.05. The van der Waals surface area contributed by atoms with Crippen LogP contribution in [0, 0.1) is 0 Å². The maximum atomic E-state index is 12.6. The van der Waals surface area contributed by atoms with E-state index < -0.39 is 11.2 Å². The summed E-state index contributed by atoms with van der Waals surface area (Å²) in [4.78, 5) is 29.2. The summed E-state index contributed by atoms with van der Waals surface area (Å²) in [5.41, 5.74) is 3.47. The van der Waals surface area contributed by atoms with Crippen molar-refractivity contribution in [3.63, 3.8) is 0 Å². The minimum atomic E-state index is -0.444. The Morgan fingerprint density at radius 1 is 1.22 bits per heavy atom. The molecule has 0 atom stereocenters. The van der Waals surface area contributed by atoms with Crippen molar-refractivity contribution in [2.75, 3.05) is 5.43 Å². The van der Waals surface area contributed by atoms with Crippen molar-refractivity contribution >= 4 is 34.9 Å². The standard InChI is InChI=1S/C18H19ClN6O2/c1-12(19)9-10-25-14-15(23(2)18(27)24(3)16(14)26)21-17(25)22-20-11-13-7-5-4-6-8-13/h4-9,11H,10H2,1-3H3,(H,21,22)/b12-9-,20-11+. The van der Waals surface area contributed by atoms with Crippen LogP contribution in [0.5, 0.6) is 0 Å². The van der Waals surface area contributed by atoms with Crippen LogP contribution >= 0.6 is 11.6 Å². The molecule has 0 aliphatic carbocycles. The average Bonchev–Trinajstić information content (AvgIpc) is 3.02. The topological polar surface area (TPSA) is 86.2 Å². The van der Waals surface area contributed by atoms with Crippen molar-refractivity contribution in [1.29, 1.82) is 0 Å². The zero-order valence-electron chi connectivity index (χ0n) is 15.2. The van der Waals surface area contributed by atoms with E-state index in [2.05, 4.69) is 15.5 Å². The second-order valence-corrected chi connectivity index (χ2v) is 6.59. The zero-order valence-corrected chi connectivity index (χ0v) is 15.9. The summed E-state index contributed by atoms with van der Waals surface area (Å²) in [5.74, 6) is 0.338. The second-order valence-electron chi connectivity index (χ2n) is 6.00. The lowest BCUT2D eigenvalue weighted by molar-refractivity contribution is 0.703. The molecule has 9 heteroatoms. The van der Waals surface area contributed by atoms with Crippen LogP contribution in [0.25, 0.3) is 11.2 Å². The number of allylic oxidation sites excluding steroid dienone is 2. The number of hydrogen-bond acceptors (Lipinski definition) is 5. The monoisotopic (exact) mass is 386 g/mol. The van der Waals surface area contributed by atoms with Gasteiger partial charge in [0.25, 0.3) is 5.56 Å². The molecule has 27 heavy (non-hydrogen) atoms. The van der Waals surface area contributed by atoms with Crippen LogP contribution in [0.2, 0.25) is 0 Å². The third kappa shape index (κ3) is 3.70. The van der Waals surface area contributed by atoms with Gasteiger partial charge in [-0.15, -0.1) is 0 Å². The van der Waals surface area contributed by atoms with Crippen molar-refractivity contribution in [2.45, 2.75) is 13.5 Å². The minimum Gasteiger partial charge on any atom is -0.299 e. The predicted octanol–water partition coefficient (Wildman–Crippen LogP) is 2.02. The van der Waals surface area contributed by atoms with Crippen LogP contribution in [0.15, 0.2) is 56.1 Å². The van der Waals surface area contributed by atoms with Crippen LogP contribution in [-0.2, 0) is 20.6 Å². The van der Waals surface area contributed by atoms with Crippen molar-refractivity contribution in [1.82, 2.24) is 18.7 Å². The number of benzene rings is 1. The molecule has 0 aliphatic heterocycles. The van der Waals surface area contributed by atoms with Crippen molar-refractivity contribution in [3.8, 4) is 0 Å². The second kappa shape index (κ2) is 7.63. The Balaban J connectivity index is 2.12. The number of rotatable bonds is 5. The fraction of sp³-hybridized carbons (Fsp3) is 0.222. The fourth-order valence-electron chi connectivity index (χ4n) is 2.63. The lowest BCUT2D eigenvalue weighted by Crippen LogP contribution is -2.37. The van der Waals surface area contributed by atoms with E-state index in [9.17, 15) is 9.59 Å². The first-order valence-corrected chi connectivity index (χ1v) is 8.60. The first kappa shape index (κ1) is 18.7. The molecule has 3 rings (SSSR count). The molecule has 0 unspecified atom stereocenters. The third-order valence-corrected chi connectivity index (χ3v) is 4.24. The fourth-order valence-corrected chi connectivity index (χ4v) is 2.70. The summed E-state index contributed by atoms with van der Waals surface area (Å²) >= 11 is 5.95. The van der Waals surface area contributed by atoms with E-state index in [4.69, 9.17) is 11.6 Å². The number of nitrogens with zero attached hydrogens (tertiary/aromatic N) is 5. The number of halogens is 1. The van der Waals surface area contributed by atoms with Gasteiger partial charge in [0.15, 0.2) is 11.2 Å². The Labute approximate surface area is 160 Å². The first-order chi connectivity index (χ1) is 12.9. The molecular formula is C18H19ClN6O2. The highest BCUT2D eigenvalue weighted by Gasteiger charge is 2.18. The molecule has 3 aromatic rings. The van der Waals surface area contributed by atoms with Gasteiger partial charge in [0.05, 0.1) is 6.21 Å². The van der Waals surface area contributed by atoms with Gasteiger partial charge in [-0.05, 0) is 12.5 Å². The maximum absolute atomic E-state index is 12.6. The van der Waals surface area contributed by atoms with Gasteiger partial charge in [-0.2, -0.15) is 10.1 Å². The number of fused-ring (bicyclic) bond motifs is 1. The normalized spacial score (nSPS) is 12.2. The molecule has 140 valence electrons. The third-order valence-electron chi connectivity index (χ3n) is 4.08. The largest absolute Gasteiger partial charge is 0.332 e. The Morgan fingerprint density at radius 3 is 2.59 bits per heavy atom. The molecule has 0 saturated heterocycles. The molecule has 2 aromatic heterocycles. The highest BCUT2D eigenvalue weighted by Crippen LogP contribution is 2.16. The highest BCUT2D eigenvalue weighted by atomic mass is 35.5. The molecule has 0 saturated carbocycles. The van der Waals surface area contributed by atoms with E-state index in [1.807, 2.05) is 30.3 Å². The van der Waals surface area contributed by atoms with Gasteiger partial charge in [0, 0.05) is 25.7 Å². The lowest BCUT2D eigenvalue weighted by Gasteiger charge is -2.06. The van der Waals surface area contributed by atoms with Crippen molar-refractivity contribution in [2.24, 2.45) is 19.2 Å². The number of aryl methyl sites for hydroxylation is 1. The van der Waals surface area contributed by atoms with Crippen LogP contribution in [0.1, 0.15) is 12.5 Å².